The topological polar surface area (TPSA) is 76.4 Å². The third-order valence-corrected chi connectivity index (χ3v) is 3.58. The molecular formula is C16H21N3O2. The smallest absolute Gasteiger partial charge is 0.224 e. The minimum Gasteiger partial charge on any atom is -0.395 e. The van der Waals surface area contributed by atoms with Crippen molar-refractivity contribution in [2.24, 2.45) is 0 Å². The van der Waals surface area contributed by atoms with Crippen LogP contribution >= 0.6 is 0 Å². The highest BCUT2D eigenvalue weighted by atomic mass is 16.3. The molecule has 1 amide bonds. The average molecular weight is 287 g/mol. The highest BCUT2D eigenvalue weighted by Crippen LogP contribution is 2.26. The van der Waals surface area contributed by atoms with Crippen LogP contribution in [0, 0.1) is 11.3 Å². The highest BCUT2D eigenvalue weighted by molar-refractivity contribution is 5.90. The molecule has 2 N–H and O–H groups in total. The second kappa shape index (κ2) is 7.77. The van der Waals surface area contributed by atoms with Gasteiger partial charge in [-0.3, -0.25) is 9.69 Å². The Morgan fingerprint density at radius 3 is 2.90 bits per heavy atom. The predicted octanol–water partition coefficient (Wildman–Crippen LogP) is 1.73. The number of nitrogens with one attached hydrogen (secondary N) is 1. The van der Waals surface area contributed by atoms with Crippen molar-refractivity contribution in [3.8, 4) is 6.07 Å². The third kappa shape index (κ3) is 5.18. The van der Waals surface area contributed by atoms with Gasteiger partial charge in [0.25, 0.3) is 0 Å². The number of nitriles is 1. The summed E-state index contributed by atoms with van der Waals surface area (Å²) in [5.74, 6) is -0.0372. The molecule has 0 aliphatic heterocycles. The molecule has 1 aromatic carbocycles. The van der Waals surface area contributed by atoms with Crippen LogP contribution in [0.2, 0.25) is 0 Å². The van der Waals surface area contributed by atoms with E-state index in [1.54, 1.807) is 24.3 Å². The van der Waals surface area contributed by atoms with Crippen LogP contribution in [0.1, 0.15) is 31.2 Å². The van der Waals surface area contributed by atoms with Crippen molar-refractivity contribution in [2.75, 3.05) is 25.0 Å². The lowest BCUT2D eigenvalue weighted by Gasteiger charge is -2.20. The lowest BCUT2D eigenvalue weighted by molar-refractivity contribution is -0.116. The molecule has 0 heterocycles. The molecule has 1 aliphatic rings. The van der Waals surface area contributed by atoms with Gasteiger partial charge in [0.05, 0.1) is 18.2 Å². The number of aliphatic hydroxyl groups is 1. The van der Waals surface area contributed by atoms with Gasteiger partial charge in [-0.15, -0.1) is 0 Å². The van der Waals surface area contributed by atoms with E-state index in [9.17, 15) is 4.79 Å². The van der Waals surface area contributed by atoms with Gasteiger partial charge in [-0.2, -0.15) is 5.26 Å². The normalized spacial score (nSPS) is 14.0. The fourth-order valence-electron chi connectivity index (χ4n) is 2.38. The van der Waals surface area contributed by atoms with Crippen molar-refractivity contribution in [1.82, 2.24) is 4.90 Å². The fraction of sp³-hybridized carbons (Fsp3) is 0.500. The van der Waals surface area contributed by atoms with E-state index in [2.05, 4.69) is 16.3 Å². The maximum atomic E-state index is 11.9. The van der Waals surface area contributed by atoms with Crippen molar-refractivity contribution >= 4 is 11.6 Å². The molecule has 0 atom stereocenters. The van der Waals surface area contributed by atoms with Crippen molar-refractivity contribution in [3.63, 3.8) is 0 Å². The van der Waals surface area contributed by atoms with Crippen LogP contribution in [0.25, 0.3) is 0 Å². The van der Waals surface area contributed by atoms with Gasteiger partial charge in [0.15, 0.2) is 0 Å². The molecule has 2 rings (SSSR count). The molecule has 1 fully saturated rings. The zero-order valence-corrected chi connectivity index (χ0v) is 12.1. The third-order valence-electron chi connectivity index (χ3n) is 3.58. The Hall–Kier alpha value is -1.90. The minimum absolute atomic E-state index is 0.0372. The Bertz CT molecular complexity index is 520. The zero-order valence-electron chi connectivity index (χ0n) is 12.1. The van der Waals surface area contributed by atoms with E-state index in [1.165, 1.54) is 12.8 Å². The van der Waals surface area contributed by atoms with Gasteiger partial charge in [-0.1, -0.05) is 6.07 Å². The van der Waals surface area contributed by atoms with E-state index in [0.717, 1.165) is 13.0 Å². The quantitative estimate of drug-likeness (QED) is 0.763. The standard InChI is InChI=1S/C16H21N3O2/c17-12-13-3-1-4-14(11-13)18-16(21)5-2-8-19(9-10-20)15-6-7-15/h1,3-4,11,15,20H,2,5-10H2,(H,18,21). The van der Waals surface area contributed by atoms with E-state index in [1.807, 2.05) is 0 Å². The Kier molecular flexibility index (Phi) is 5.73. The molecule has 0 bridgehead atoms. The maximum absolute atomic E-state index is 11.9. The van der Waals surface area contributed by atoms with Gasteiger partial charge in [-0.25, -0.2) is 0 Å². The molecule has 21 heavy (non-hydrogen) atoms. The Labute approximate surface area is 125 Å². The summed E-state index contributed by atoms with van der Waals surface area (Å²) in [5.41, 5.74) is 1.20. The van der Waals surface area contributed by atoms with Crippen LogP contribution in [0.4, 0.5) is 5.69 Å². The molecule has 0 saturated heterocycles. The summed E-state index contributed by atoms with van der Waals surface area (Å²) in [7, 11) is 0. The average Bonchev–Trinajstić information content (AvgIpc) is 3.31. The van der Waals surface area contributed by atoms with Gasteiger partial charge in [-0.05, 0) is 44.0 Å². The lowest BCUT2D eigenvalue weighted by Crippen LogP contribution is -2.30. The van der Waals surface area contributed by atoms with Crippen molar-refractivity contribution in [2.45, 2.75) is 31.7 Å². The highest BCUT2D eigenvalue weighted by Gasteiger charge is 2.27. The van der Waals surface area contributed by atoms with Crippen LogP contribution in [0.5, 0.6) is 0 Å². The summed E-state index contributed by atoms with van der Waals surface area (Å²) < 4.78 is 0. The summed E-state index contributed by atoms with van der Waals surface area (Å²) >= 11 is 0. The summed E-state index contributed by atoms with van der Waals surface area (Å²) in [5, 5.41) is 20.6. The molecule has 1 aliphatic carbocycles. The Morgan fingerprint density at radius 1 is 1.43 bits per heavy atom. The van der Waals surface area contributed by atoms with Crippen LogP contribution < -0.4 is 5.32 Å². The van der Waals surface area contributed by atoms with Crippen LogP contribution in [0.15, 0.2) is 24.3 Å². The second-order valence-corrected chi connectivity index (χ2v) is 5.34. The van der Waals surface area contributed by atoms with Gasteiger partial charge >= 0.3 is 0 Å². The number of hydrogen-bond donors (Lipinski definition) is 2. The molecule has 0 aromatic heterocycles. The number of carbonyl (C=O) groups is 1. The predicted molar refractivity (Wildman–Crippen MR) is 80.7 cm³/mol. The summed E-state index contributed by atoms with van der Waals surface area (Å²) in [6, 6.07) is 9.56. The molecule has 112 valence electrons. The van der Waals surface area contributed by atoms with E-state index < -0.39 is 0 Å². The van der Waals surface area contributed by atoms with Gasteiger partial charge < -0.3 is 10.4 Å². The van der Waals surface area contributed by atoms with Crippen molar-refractivity contribution < 1.29 is 9.90 Å². The maximum Gasteiger partial charge on any atom is 0.224 e. The van der Waals surface area contributed by atoms with Gasteiger partial charge in [0.2, 0.25) is 5.91 Å². The summed E-state index contributed by atoms with van der Waals surface area (Å²) in [6.07, 6.45) is 3.63. The Balaban J connectivity index is 1.72. The molecule has 0 unspecified atom stereocenters. The van der Waals surface area contributed by atoms with E-state index in [-0.39, 0.29) is 12.5 Å². The van der Waals surface area contributed by atoms with Gasteiger partial charge in [0.1, 0.15) is 0 Å². The van der Waals surface area contributed by atoms with Crippen LogP contribution in [-0.2, 0) is 4.79 Å². The number of hydrogen-bond acceptors (Lipinski definition) is 4. The summed E-state index contributed by atoms with van der Waals surface area (Å²) in [4.78, 5) is 14.1. The minimum atomic E-state index is -0.0372. The number of anilines is 1. The molecule has 5 nitrogen and oxygen atoms in total. The number of aliphatic hydroxyl groups excluding tert-OH is 1. The monoisotopic (exact) mass is 287 g/mol. The first-order chi connectivity index (χ1) is 10.2. The number of carbonyl (C=O) groups excluding carboxylic acids is 1. The molecule has 1 aromatic rings. The molecule has 0 spiro atoms. The molecule has 0 radical (unpaired) electrons. The molecule has 5 heteroatoms. The van der Waals surface area contributed by atoms with Gasteiger partial charge in [0, 0.05) is 24.7 Å². The first-order valence-electron chi connectivity index (χ1n) is 7.38. The lowest BCUT2D eigenvalue weighted by atomic mass is 10.2. The number of rotatable bonds is 8. The Morgan fingerprint density at radius 2 is 2.24 bits per heavy atom. The summed E-state index contributed by atoms with van der Waals surface area (Å²) in [6.45, 7) is 1.71. The SMILES string of the molecule is N#Cc1cccc(NC(=O)CCCN(CCO)C2CC2)c1. The van der Waals surface area contributed by atoms with E-state index in [0.29, 0.717) is 30.3 Å². The molecular weight excluding hydrogens is 266 g/mol. The van der Waals surface area contributed by atoms with E-state index >= 15 is 0 Å². The van der Waals surface area contributed by atoms with E-state index in [4.69, 9.17) is 10.4 Å². The second-order valence-electron chi connectivity index (χ2n) is 5.34. The zero-order chi connectivity index (χ0) is 15.1. The number of amides is 1. The molecule has 1 saturated carbocycles. The van der Waals surface area contributed by atoms with Crippen LogP contribution in [-0.4, -0.2) is 41.7 Å². The fourth-order valence-corrected chi connectivity index (χ4v) is 2.38. The van der Waals surface area contributed by atoms with Crippen molar-refractivity contribution in [3.05, 3.63) is 29.8 Å². The van der Waals surface area contributed by atoms with Crippen LogP contribution in [0.3, 0.4) is 0 Å². The van der Waals surface area contributed by atoms with Crippen molar-refractivity contribution in [1.29, 1.82) is 5.26 Å². The first kappa shape index (κ1) is 15.5. The number of benzene rings is 1. The number of nitrogens with zero attached hydrogens (tertiary/aromatic N) is 2. The first-order valence-corrected chi connectivity index (χ1v) is 7.38. The largest absolute Gasteiger partial charge is 0.395 e.